The number of carboxylic acids is 1. The van der Waals surface area contributed by atoms with Crippen molar-refractivity contribution in [3.8, 4) is 28.0 Å². The standard InChI is InChI=1S/C30H25N3O5/c1-17(34)31-22-8-4-19(5-9-22)23-10-6-21(16-28(23)38-2)20-7-11-24-26(15-20)32-25-12-3-18(14-29(35)36)13-27(25)33-30(24)37/h3-13,15-16,32H,14H2,1-2H3,(H,31,34)(H,33,37)(H,35,36). The molecular formula is C30H25N3O5. The van der Waals surface area contributed by atoms with E-state index in [1.54, 1.807) is 31.4 Å². The van der Waals surface area contributed by atoms with E-state index in [4.69, 9.17) is 9.84 Å². The molecule has 0 unspecified atom stereocenters. The molecule has 4 aromatic carbocycles. The minimum atomic E-state index is -0.936. The summed E-state index contributed by atoms with van der Waals surface area (Å²) in [6.45, 7) is 1.47. The quantitative estimate of drug-likeness (QED) is 0.257. The highest BCUT2D eigenvalue weighted by Gasteiger charge is 2.20. The van der Waals surface area contributed by atoms with Gasteiger partial charge in [0.05, 0.1) is 36.2 Å². The lowest BCUT2D eigenvalue weighted by atomic mass is 9.97. The fourth-order valence-electron chi connectivity index (χ4n) is 4.49. The van der Waals surface area contributed by atoms with Gasteiger partial charge in [0.25, 0.3) is 5.91 Å². The van der Waals surface area contributed by atoms with E-state index in [-0.39, 0.29) is 18.2 Å². The maximum absolute atomic E-state index is 12.9. The van der Waals surface area contributed by atoms with Gasteiger partial charge in [-0.15, -0.1) is 0 Å². The average molecular weight is 508 g/mol. The summed E-state index contributed by atoms with van der Waals surface area (Å²) in [5.74, 6) is -0.652. The second-order valence-electron chi connectivity index (χ2n) is 8.96. The Morgan fingerprint density at radius 3 is 2.16 bits per heavy atom. The van der Waals surface area contributed by atoms with Crippen LogP contribution in [-0.4, -0.2) is 30.0 Å². The van der Waals surface area contributed by atoms with Gasteiger partial charge in [0, 0.05) is 18.2 Å². The van der Waals surface area contributed by atoms with Gasteiger partial charge in [-0.3, -0.25) is 14.4 Å². The Kier molecular flexibility index (Phi) is 6.53. The zero-order valence-electron chi connectivity index (χ0n) is 20.8. The smallest absolute Gasteiger partial charge is 0.307 e. The van der Waals surface area contributed by atoms with Gasteiger partial charge < -0.3 is 25.8 Å². The molecule has 0 spiro atoms. The molecule has 190 valence electrons. The number of ether oxygens (including phenoxy) is 1. The van der Waals surface area contributed by atoms with Crippen molar-refractivity contribution in [2.75, 3.05) is 23.1 Å². The molecule has 0 bridgehead atoms. The monoisotopic (exact) mass is 507 g/mol. The van der Waals surface area contributed by atoms with Crippen molar-refractivity contribution >= 4 is 40.5 Å². The van der Waals surface area contributed by atoms with Crippen LogP contribution in [0, 0.1) is 0 Å². The molecular weight excluding hydrogens is 482 g/mol. The summed E-state index contributed by atoms with van der Waals surface area (Å²) in [6.07, 6.45) is -0.127. The third kappa shape index (κ3) is 5.05. The van der Waals surface area contributed by atoms with Crippen molar-refractivity contribution in [2.45, 2.75) is 13.3 Å². The zero-order chi connectivity index (χ0) is 26.8. The third-order valence-electron chi connectivity index (χ3n) is 6.27. The Labute approximate surface area is 219 Å². The molecule has 38 heavy (non-hydrogen) atoms. The average Bonchev–Trinajstić information content (AvgIpc) is 3.03. The summed E-state index contributed by atoms with van der Waals surface area (Å²) in [7, 11) is 1.62. The van der Waals surface area contributed by atoms with E-state index in [0.717, 1.165) is 27.9 Å². The molecule has 0 radical (unpaired) electrons. The Morgan fingerprint density at radius 2 is 1.47 bits per heavy atom. The SMILES string of the molecule is COc1cc(-c2ccc3c(c2)Nc2ccc(CC(=O)O)cc2NC3=O)ccc1-c1ccc(NC(C)=O)cc1. The first-order chi connectivity index (χ1) is 18.3. The van der Waals surface area contributed by atoms with Gasteiger partial charge in [-0.2, -0.15) is 0 Å². The van der Waals surface area contributed by atoms with Gasteiger partial charge >= 0.3 is 5.97 Å². The lowest BCUT2D eigenvalue weighted by molar-refractivity contribution is -0.136. The van der Waals surface area contributed by atoms with Crippen molar-refractivity contribution in [3.63, 3.8) is 0 Å². The number of methoxy groups -OCH3 is 1. The van der Waals surface area contributed by atoms with Crippen LogP contribution in [0.25, 0.3) is 22.3 Å². The van der Waals surface area contributed by atoms with E-state index in [1.165, 1.54) is 6.92 Å². The molecule has 0 saturated heterocycles. The van der Waals surface area contributed by atoms with Crippen LogP contribution in [-0.2, 0) is 16.0 Å². The second kappa shape index (κ2) is 10.1. The van der Waals surface area contributed by atoms with Crippen molar-refractivity contribution in [2.24, 2.45) is 0 Å². The van der Waals surface area contributed by atoms with Crippen LogP contribution in [0.5, 0.6) is 5.75 Å². The highest BCUT2D eigenvalue weighted by Crippen LogP contribution is 2.38. The number of fused-ring (bicyclic) bond motifs is 2. The molecule has 1 heterocycles. The second-order valence-corrected chi connectivity index (χ2v) is 8.96. The maximum Gasteiger partial charge on any atom is 0.307 e. The van der Waals surface area contributed by atoms with Crippen LogP contribution in [0.4, 0.5) is 22.7 Å². The number of aliphatic carboxylic acids is 1. The fraction of sp³-hybridized carbons (Fsp3) is 0.100. The van der Waals surface area contributed by atoms with Crippen molar-refractivity contribution in [3.05, 3.63) is 90.0 Å². The molecule has 1 aliphatic heterocycles. The van der Waals surface area contributed by atoms with Gasteiger partial charge in [0.2, 0.25) is 5.91 Å². The van der Waals surface area contributed by atoms with Gasteiger partial charge in [0.15, 0.2) is 0 Å². The molecule has 0 aromatic heterocycles. The summed E-state index contributed by atoms with van der Waals surface area (Å²) in [6, 6.07) is 24.2. The molecule has 5 rings (SSSR count). The molecule has 2 amide bonds. The summed E-state index contributed by atoms with van der Waals surface area (Å²) in [5.41, 5.74) is 7.30. The first-order valence-electron chi connectivity index (χ1n) is 11.9. The van der Waals surface area contributed by atoms with Crippen molar-refractivity contribution in [1.82, 2.24) is 0 Å². The molecule has 0 fully saturated rings. The van der Waals surface area contributed by atoms with E-state index >= 15 is 0 Å². The topological polar surface area (TPSA) is 117 Å². The number of rotatable bonds is 6. The van der Waals surface area contributed by atoms with Gasteiger partial charge in [-0.1, -0.05) is 36.4 Å². The number of amides is 2. The van der Waals surface area contributed by atoms with Crippen LogP contribution >= 0.6 is 0 Å². The molecule has 0 saturated carbocycles. The predicted molar refractivity (Wildman–Crippen MR) is 147 cm³/mol. The van der Waals surface area contributed by atoms with Gasteiger partial charge in [-0.05, 0) is 64.7 Å². The molecule has 8 heteroatoms. The number of hydrogen-bond donors (Lipinski definition) is 4. The van der Waals surface area contributed by atoms with Crippen molar-refractivity contribution in [1.29, 1.82) is 0 Å². The molecule has 0 atom stereocenters. The molecule has 0 aliphatic carbocycles. The summed E-state index contributed by atoms with van der Waals surface area (Å²) >= 11 is 0. The Balaban J connectivity index is 1.46. The molecule has 4 aromatic rings. The first kappa shape index (κ1) is 24.6. The van der Waals surface area contributed by atoms with Crippen molar-refractivity contribution < 1.29 is 24.2 Å². The summed E-state index contributed by atoms with van der Waals surface area (Å²) in [5, 5.41) is 18.0. The van der Waals surface area contributed by atoms with Crippen LogP contribution in [0.3, 0.4) is 0 Å². The van der Waals surface area contributed by atoms with Gasteiger partial charge in [0.1, 0.15) is 5.75 Å². The summed E-state index contributed by atoms with van der Waals surface area (Å²) in [4.78, 5) is 35.3. The Hall–Kier alpha value is -5.11. The van der Waals surface area contributed by atoms with Crippen LogP contribution < -0.4 is 20.7 Å². The van der Waals surface area contributed by atoms with Crippen LogP contribution in [0.15, 0.2) is 78.9 Å². The van der Waals surface area contributed by atoms with Crippen LogP contribution in [0.2, 0.25) is 0 Å². The minimum absolute atomic E-state index is 0.126. The lowest BCUT2D eigenvalue weighted by Gasteiger charge is -2.14. The van der Waals surface area contributed by atoms with E-state index in [2.05, 4.69) is 16.0 Å². The fourth-order valence-corrected chi connectivity index (χ4v) is 4.49. The highest BCUT2D eigenvalue weighted by molar-refractivity contribution is 6.12. The zero-order valence-corrected chi connectivity index (χ0v) is 20.8. The number of carbonyl (C=O) groups excluding carboxylic acids is 2. The Bertz CT molecular complexity index is 1580. The van der Waals surface area contributed by atoms with E-state index < -0.39 is 5.97 Å². The number of anilines is 4. The maximum atomic E-state index is 12.9. The predicted octanol–water partition coefficient (Wildman–Crippen LogP) is 5.92. The number of hydrogen-bond acceptors (Lipinski definition) is 5. The number of nitrogens with one attached hydrogen (secondary N) is 3. The van der Waals surface area contributed by atoms with E-state index in [9.17, 15) is 14.4 Å². The molecule has 4 N–H and O–H groups in total. The van der Waals surface area contributed by atoms with Crippen LogP contribution in [0.1, 0.15) is 22.8 Å². The van der Waals surface area contributed by atoms with Gasteiger partial charge in [-0.25, -0.2) is 0 Å². The first-order valence-corrected chi connectivity index (χ1v) is 11.9. The molecule has 8 nitrogen and oxygen atoms in total. The molecule has 1 aliphatic rings. The third-order valence-corrected chi connectivity index (χ3v) is 6.27. The minimum Gasteiger partial charge on any atom is -0.496 e. The number of carboxylic acid groups (broad SMARTS) is 1. The number of carbonyl (C=O) groups is 3. The summed E-state index contributed by atoms with van der Waals surface area (Å²) < 4.78 is 5.70. The lowest BCUT2D eigenvalue weighted by Crippen LogP contribution is -2.11. The Morgan fingerprint density at radius 1 is 0.789 bits per heavy atom. The van der Waals surface area contributed by atoms with E-state index in [1.807, 2.05) is 54.6 Å². The van der Waals surface area contributed by atoms with E-state index in [0.29, 0.717) is 33.9 Å². The normalized spacial score (nSPS) is 11.8. The highest BCUT2D eigenvalue weighted by atomic mass is 16.5. The largest absolute Gasteiger partial charge is 0.496 e. The number of benzene rings is 4.